The third-order valence-electron chi connectivity index (χ3n) is 2.97. The Hall–Kier alpha value is -1.55. The molecule has 1 rings (SSSR count). The van der Waals surface area contributed by atoms with Gasteiger partial charge in [0.2, 0.25) is 5.91 Å². The number of ether oxygens (including phenoxy) is 1. The fourth-order valence-electron chi connectivity index (χ4n) is 1.61. The van der Waals surface area contributed by atoms with E-state index in [2.05, 4.69) is 5.32 Å². The molecule has 1 amide bonds. The highest BCUT2D eigenvalue weighted by Crippen LogP contribution is 2.21. The second-order valence-electron chi connectivity index (χ2n) is 4.61. The minimum atomic E-state index is 0.0311. The van der Waals surface area contributed by atoms with Crippen molar-refractivity contribution in [1.82, 2.24) is 0 Å². The van der Waals surface area contributed by atoms with Crippen LogP contribution in [0.15, 0.2) is 18.2 Å². The zero-order valence-electron chi connectivity index (χ0n) is 11.3. The molecule has 0 saturated heterocycles. The lowest BCUT2D eigenvalue weighted by Gasteiger charge is -2.11. The van der Waals surface area contributed by atoms with Crippen LogP contribution in [0.5, 0.6) is 5.75 Å². The summed E-state index contributed by atoms with van der Waals surface area (Å²) < 4.78 is 5.12. The van der Waals surface area contributed by atoms with E-state index in [-0.39, 0.29) is 5.91 Å². The number of carbonyl (C=O) groups is 1. The first-order valence-electron chi connectivity index (χ1n) is 6.21. The van der Waals surface area contributed by atoms with E-state index in [1.807, 2.05) is 32.0 Å². The lowest BCUT2D eigenvalue weighted by atomic mass is 10.1. The molecule has 1 aromatic carbocycles. The van der Waals surface area contributed by atoms with Gasteiger partial charge in [-0.15, -0.1) is 0 Å². The molecule has 4 nitrogen and oxygen atoms in total. The minimum Gasteiger partial charge on any atom is -0.497 e. The average molecular weight is 250 g/mol. The Morgan fingerprint density at radius 3 is 2.78 bits per heavy atom. The molecule has 4 heteroatoms. The van der Waals surface area contributed by atoms with E-state index < -0.39 is 0 Å². The van der Waals surface area contributed by atoms with Crippen LogP contribution in [0.3, 0.4) is 0 Å². The molecule has 0 radical (unpaired) electrons. The van der Waals surface area contributed by atoms with Crippen molar-refractivity contribution >= 4 is 11.6 Å². The Morgan fingerprint density at radius 1 is 1.50 bits per heavy atom. The van der Waals surface area contributed by atoms with Gasteiger partial charge in [-0.1, -0.05) is 6.92 Å². The Labute approximate surface area is 109 Å². The second-order valence-corrected chi connectivity index (χ2v) is 4.61. The van der Waals surface area contributed by atoms with E-state index in [4.69, 9.17) is 10.5 Å². The van der Waals surface area contributed by atoms with E-state index in [0.717, 1.165) is 23.4 Å². The zero-order chi connectivity index (χ0) is 13.5. The van der Waals surface area contributed by atoms with Gasteiger partial charge in [-0.05, 0) is 49.6 Å². The maximum atomic E-state index is 11.8. The molecule has 0 aliphatic rings. The highest BCUT2D eigenvalue weighted by Gasteiger charge is 2.07. The predicted molar refractivity (Wildman–Crippen MR) is 73.8 cm³/mol. The summed E-state index contributed by atoms with van der Waals surface area (Å²) in [6.45, 7) is 4.61. The highest BCUT2D eigenvalue weighted by atomic mass is 16.5. The molecular formula is C14H22N2O2. The number of carbonyl (C=O) groups excluding carboxylic acids is 1. The van der Waals surface area contributed by atoms with Crippen LogP contribution < -0.4 is 15.8 Å². The number of aryl methyl sites for hydroxylation is 1. The van der Waals surface area contributed by atoms with Gasteiger partial charge < -0.3 is 15.8 Å². The Bertz CT molecular complexity index is 405. The summed E-state index contributed by atoms with van der Waals surface area (Å²) in [7, 11) is 1.63. The van der Waals surface area contributed by atoms with Gasteiger partial charge in [0.25, 0.3) is 0 Å². The van der Waals surface area contributed by atoms with E-state index in [0.29, 0.717) is 18.9 Å². The summed E-state index contributed by atoms with van der Waals surface area (Å²) in [6.07, 6.45) is 1.32. The van der Waals surface area contributed by atoms with E-state index in [1.165, 1.54) is 0 Å². The van der Waals surface area contributed by atoms with Gasteiger partial charge in [-0.25, -0.2) is 0 Å². The van der Waals surface area contributed by atoms with Crippen LogP contribution in [0.25, 0.3) is 0 Å². The number of anilines is 1. The first-order valence-corrected chi connectivity index (χ1v) is 6.21. The number of nitrogens with two attached hydrogens (primary N) is 1. The Balaban J connectivity index is 2.54. The van der Waals surface area contributed by atoms with Crippen molar-refractivity contribution in [1.29, 1.82) is 0 Å². The van der Waals surface area contributed by atoms with Gasteiger partial charge in [0, 0.05) is 12.1 Å². The normalized spacial score (nSPS) is 12.0. The number of hydrogen-bond donors (Lipinski definition) is 2. The molecule has 18 heavy (non-hydrogen) atoms. The fraction of sp³-hybridized carbons (Fsp3) is 0.500. The van der Waals surface area contributed by atoms with E-state index in [1.54, 1.807) is 7.11 Å². The number of rotatable bonds is 6. The largest absolute Gasteiger partial charge is 0.497 e. The third kappa shape index (κ3) is 4.37. The number of benzene rings is 1. The van der Waals surface area contributed by atoms with Gasteiger partial charge in [-0.2, -0.15) is 0 Å². The number of methoxy groups -OCH3 is 1. The molecule has 1 atom stereocenters. The molecule has 3 N–H and O–H groups in total. The monoisotopic (exact) mass is 250 g/mol. The summed E-state index contributed by atoms with van der Waals surface area (Å²) in [4.78, 5) is 11.8. The minimum absolute atomic E-state index is 0.0311. The first-order chi connectivity index (χ1) is 8.56. The van der Waals surface area contributed by atoms with Crippen LogP contribution in [0, 0.1) is 12.8 Å². The van der Waals surface area contributed by atoms with Crippen LogP contribution in [0.2, 0.25) is 0 Å². The molecule has 0 aromatic heterocycles. The molecule has 0 fully saturated rings. The molecule has 0 aliphatic heterocycles. The van der Waals surface area contributed by atoms with Gasteiger partial charge in [0.15, 0.2) is 0 Å². The standard InChI is InChI=1S/C14H22N2O2/c1-10(9-15)4-7-14(17)16-13-6-5-12(18-3)8-11(13)2/h5-6,8,10H,4,7,9,15H2,1-3H3,(H,16,17). The average Bonchev–Trinajstić information content (AvgIpc) is 2.38. The van der Waals surface area contributed by atoms with Crippen LogP contribution in [0.1, 0.15) is 25.3 Å². The Kier molecular flexibility index (Phi) is 5.65. The highest BCUT2D eigenvalue weighted by molar-refractivity contribution is 5.91. The lowest BCUT2D eigenvalue weighted by Crippen LogP contribution is -2.16. The van der Waals surface area contributed by atoms with Gasteiger partial charge in [0.05, 0.1) is 7.11 Å². The second kappa shape index (κ2) is 7.01. The molecule has 0 heterocycles. The molecule has 1 unspecified atom stereocenters. The number of nitrogens with one attached hydrogen (secondary N) is 1. The number of amides is 1. The molecule has 100 valence electrons. The summed E-state index contributed by atoms with van der Waals surface area (Å²) in [5.74, 6) is 1.21. The topological polar surface area (TPSA) is 64.3 Å². The van der Waals surface area contributed by atoms with Crippen molar-refractivity contribution < 1.29 is 9.53 Å². The van der Waals surface area contributed by atoms with Gasteiger partial charge >= 0.3 is 0 Å². The Morgan fingerprint density at radius 2 is 2.22 bits per heavy atom. The SMILES string of the molecule is COc1ccc(NC(=O)CCC(C)CN)c(C)c1. The van der Waals surface area contributed by atoms with Crippen LogP contribution >= 0.6 is 0 Å². The quantitative estimate of drug-likeness (QED) is 0.814. The van der Waals surface area contributed by atoms with Crippen LogP contribution in [0.4, 0.5) is 5.69 Å². The van der Waals surface area contributed by atoms with Gasteiger partial charge in [-0.3, -0.25) is 4.79 Å². The number of hydrogen-bond acceptors (Lipinski definition) is 3. The van der Waals surface area contributed by atoms with E-state index >= 15 is 0 Å². The van der Waals surface area contributed by atoms with Crippen LogP contribution in [-0.4, -0.2) is 19.6 Å². The van der Waals surface area contributed by atoms with E-state index in [9.17, 15) is 4.79 Å². The first kappa shape index (κ1) is 14.5. The van der Waals surface area contributed by atoms with Crippen LogP contribution in [-0.2, 0) is 4.79 Å². The smallest absolute Gasteiger partial charge is 0.224 e. The van der Waals surface area contributed by atoms with Crippen molar-refractivity contribution in [3.8, 4) is 5.75 Å². The summed E-state index contributed by atoms with van der Waals surface area (Å²) in [5.41, 5.74) is 7.35. The molecule has 0 spiro atoms. The fourth-order valence-corrected chi connectivity index (χ4v) is 1.61. The molecule has 1 aromatic rings. The predicted octanol–water partition coefficient (Wildman–Crippen LogP) is 2.32. The molecule has 0 aliphatic carbocycles. The summed E-state index contributed by atoms with van der Waals surface area (Å²) in [6, 6.07) is 5.60. The lowest BCUT2D eigenvalue weighted by molar-refractivity contribution is -0.116. The zero-order valence-corrected chi connectivity index (χ0v) is 11.3. The molecular weight excluding hydrogens is 228 g/mol. The van der Waals surface area contributed by atoms with Gasteiger partial charge in [0.1, 0.15) is 5.75 Å². The van der Waals surface area contributed by atoms with Crippen molar-refractivity contribution in [3.63, 3.8) is 0 Å². The maximum absolute atomic E-state index is 11.8. The summed E-state index contributed by atoms with van der Waals surface area (Å²) in [5, 5.41) is 2.91. The third-order valence-corrected chi connectivity index (χ3v) is 2.97. The van der Waals surface area contributed by atoms with Crippen molar-refractivity contribution in [2.24, 2.45) is 11.7 Å². The van der Waals surface area contributed by atoms with Crippen molar-refractivity contribution in [3.05, 3.63) is 23.8 Å². The summed E-state index contributed by atoms with van der Waals surface area (Å²) >= 11 is 0. The van der Waals surface area contributed by atoms with Crippen molar-refractivity contribution in [2.45, 2.75) is 26.7 Å². The maximum Gasteiger partial charge on any atom is 0.224 e. The molecule has 0 saturated carbocycles. The molecule has 0 bridgehead atoms. The van der Waals surface area contributed by atoms with Crippen molar-refractivity contribution in [2.75, 3.05) is 19.0 Å².